The summed E-state index contributed by atoms with van der Waals surface area (Å²) in [6.07, 6.45) is 1.77. The van der Waals surface area contributed by atoms with Crippen LogP contribution in [0.2, 0.25) is 0 Å². The van der Waals surface area contributed by atoms with E-state index in [9.17, 15) is 14.0 Å². The molecular formula is C15H17FN2O3. The normalized spacial score (nSPS) is 12.1. The summed E-state index contributed by atoms with van der Waals surface area (Å²) >= 11 is 0. The van der Waals surface area contributed by atoms with Crippen LogP contribution in [0.1, 0.15) is 19.4 Å². The van der Waals surface area contributed by atoms with E-state index in [1.54, 1.807) is 26.1 Å². The van der Waals surface area contributed by atoms with Crippen LogP contribution in [-0.4, -0.2) is 29.5 Å². The second-order valence-corrected chi connectivity index (χ2v) is 4.72. The van der Waals surface area contributed by atoms with Crippen LogP contribution in [0, 0.1) is 5.82 Å². The Morgan fingerprint density at radius 2 is 2.19 bits per heavy atom. The van der Waals surface area contributed by atoms with Gasteiger partial charge in [-0.15, -0.1) is 0 Å². The molecule has 0 saturated heterocycles. The molecule has 0 aliphatic carbocycles. The van der Waals surface area contributed by atoms with E-state index in [2.05, 4.69) is 10.3 Å². The Morgan fingerprint density at radius 1 is 1.43 bits per heavy atom. The van der Waals surface area contributed by atoms with Gasteiger partial charge in [-0.3, -0.25) is 4.79 Å². The number of aromatic amines is 1. The lowest BCUT2D eigenvalue weighted by atomic mass is 10.1. The van der Waals surface area contributed by atoms with Gasteiger partial charge in [0.15, 0.2) is 0 Å². The van der Waals surface area contributed by atoms with Crippen LogP contribution in [0.3, 0.4) is 0 Å². The van der Waals surface area contributed by atoms with Crippen molar-refractivity contribution in [3.8, 4) is 0 Å². The molecule has 0 aliphatic heterocycles. The number of ether oxygens (including phenoxy) is 1. The van der Waals surface area contributed by atoms with Gasteiger partial charge >= 0.3 is 5.97 Å². The van der Waals surface area contributed by atoms with Gasteiger partial charge in [0.2, 0.25) is 5.91 Å². The summed E-state index contributed by atoms with van der Waals surface area (Å²) in [4.78, 5) is 26.3. The van der Waals surface area contributed by atoms with Gasteiger partial charge in [0.05, 0.1) is 13.0 Å². The highest BCUT2D eigenvalue weighted by molar-refractivity contribution is 5.90. The highest BCUT2D eigenvalue weighted by Crippen LogP contribution is 2.19. The number of halogens is 1. The number of aromatic nitrogens is 1. The van der Waals surface area contributed by atoms with Crippen LogP contribution in [0.15, 0.2) is 24.4 Å². The number of benzene rings is 1. The number of hydrogen-bond donors (Lipinski definition) is 2. The van der Waals surface area contributed by atoms with Crippen molar-refractivity contribution in [1.29, 1.82) is 0 Å². The molecule has 112 valence electrons. The molecule has 2 N–H and O–H groups in total. The van der Waals surface area contributed by atoms with Crippen molar-refractivity contribution < 1.29 is 18.7 Å². The molecule has 0 aliphatic rings. The third kappa shape index (κ3) is 3.59. The summed E-state index contributed by atoms with van der Waals surface area (Å²) in [5.74, 6) is -1.09. The van der Waals surface area contributed by atoms with E-state index >= 15 is 0 Å². The topological polar surface area (TPSA) is 71.2 Å². The largest absolute Gasteiger partial charge is 0.464 e. The number of H-pyrrole nitrogens is 1. The molecule has 0 saturated carbocycles. The van der Waals surface area contributed by atoms with E-state index in [1.807, 2.05) is 0 Å². The summed E-state index contributed by atoms with van der Waals surface area (Å²) in [7, 11) is 0. The predicted octanol–water partition coefficient (Wildman–Crippen LogP) is 1.92. The van der Waals surface area contributed by atoms with Crippen molar-refractivity contribution in [3.63, 3.8) is 0 Å². The summed E-state index contributed by atoms with van der Waals surface area (Å²) in [5, 5.41) is 3.36. The lowest BCUT2D eigenvalue weighted by Crippen LogP contribution is -2.40. The Hall–Kier alpha value is -2.37. The Morgan fingerprint density at radius 3 is 2.90 bits per heavy atom. The average molecular weight is 292 g/mol. The quantitative estimate of drug-likeness (QED) is 0.827. The predicted molar refractivity (Wildman–Crippen MR) is 76.2 cm³/mol. The minimum Gasteiger partial charge on any atom is -0.464 e. The van der Waals surface area contributed by atoms with E-state index in [4.69, 9.17) is 4.74 Å². The van der Waals surface area contributed by atoms with E-state index < -0.39 is 12.0 Å². The molecule has 0 radical (unpaired) electrons. The number of amides is 1. The lowest BCUT2D eigenvalue weighted by Gasteiger charge is -2.12. The van der Waals surface area contributed by atoms with Crippen LogP contribution < -0.4 is 5.32 Å². The fourth-order valence-corrected chi connectivity index (χ4v) is 2.10. The molecule has 0 fully saturated rings. The molecule has 21 heavy (non-hydrogen) atoms. The summed E-state index contributed by atoms with van der Waals surface area (Å²) < 4.78 is 17.9. The minimum absolute atomic E-state index is 0.107. The van der Waals surface area contributed by atoms with Gasteiger partial charge < -0.3 is 15.0 Å². The average Bonchev–Trinajstić information content (AvgIpc) is 2.81. The van der Waals surface area contributed by atoms with Gasteiger partial charge in [-0.05, 0) is 37.6 Å². The molecule has 6 heteroatoms. The zero-order chi connectivity index (χ0) is 15.4. The standard InChI is InChI=1S/C15H17FN2O3/c1-3-21-15(20)9(2)18-14(19)6-10-8-17-13-7-11(16)4-5-12(10)13/h4-5,7-9,17H,3,6H2,1-2H3,(H,18,19)/t9-/m1/s1. The molecule has 2 aromatic rings. The van der Waals surface area contributed by atoms with Crippen molar-refractivity contribution in [2.75, 3.05) is 6.61 Å². The maximum atomic E-state index is 13.1. The minimum atomic E-state index is -0.694. The molecule has 1 atom stereocenters. The van der Waals surface area contributed by atoms with Crippen LogP contribution in [0.25, 0.3) is 10.9 Å². The number of rotatable bonds is 5. The first-order valence-corrected chi connectivity index (χ1v) is 6.72. The van der Waals surface area contributed by atoms with E-state index in [-0.39, 0.29) is 24.8 Å². The zero-order valence-corrected chi connectivity index (χ0v) is 11.9. The molecule has 1 amide bonds. The molecule has 2 rings (SSSR count). The van der Waals surface area contributed by atoms with E-state index in [0.29, 0.717) is 5.52 Å². The molecule has 0 unspecified atom stereocenters. The molecule has 1 aromatic carbocycles. The Kier molecular flexibility index (Phi) is 4.57. The highest BCUT2D eigenvalue weighted by Gasteiger charge is 2.17. The highest BCUT2D eigenvalue weighted by atomic mass is 19.1. The van der Waals surface area contributed by atoms with Gasteiger partial charge in [0, 0.05) is 17.1 Å². The number of fused-ring (bicyclic) bond motifs is 1. The van der Waals surface area contributed by atoms with Gasteiger partial charge in [-0.1, -0.05) is 0 Å². The Balaban J connectivity index is 2.03. The second-order valence-electron chi connectivity index (χ2n) is 4.72. The molecule has 0 spiro atoms. The number of esters is 1. The van der Waals surface area contributed by atoms with Crippen LogP contribution in [0.4, 0.5) is 4.39 Å². The zero-order valence-electron chi connectivity index (χ0n) is 11.9. The summed E-state index contributed by atoms with van der Waals surface area (Å²) in [6, 6.07) is 3.65. The first-order valence-electron chi connectivity index (χ1n) is 6.72. The molecule has 1 heterocycles. The van der Waals surface area contributed by atoms with Crippen molar-refractivity contribution in [1.82, 2.24) is 10.3 Å². The summed E-state index contributed by atoms with van der Waals surface area (Å²) in [5.41, 5.74) is 1.38. The third-order valence-electron chi connectivity index (χ3n) is 3.10. The number of carbonyl (C=O) groups is 2. The van der Waals surface area contributed by atoms with Crippen LogP contribution in [0.5, 0.6) is 0 Å². The monoisotopic (exact) mass is 292 g/mol. The number of nitrogens with one attached hydrogen (secondary N) is 2. The van der Waals surface area contributed by atoms with Crippen molar-refractivity contribution in [2.45, 2.75) is 26.3 Å². The van der Waals surface area contributed by atoms with E-state index in [1.165, 1.54) is 12.1 Å². The van der Waals surface area contributed by atoms with E-state index in [0.717, 1.165) is 10.9 Å². The van der Waals surface area contributed by atoms with Crippen molar-refractivity contribution in [2.24, 2.45) is 0 Å². The molecule has 5 nitrogen and oxygen atoms in total. The number of hydrogen-bond acceptors (Lipinski definition) is 3. The third-order valence-corrected chi connectivity index (χ3v) is 3.10. The van der Waals surface area contributed by atoms with Crippen LogP contribution in [-0.2, 0) is 20.7 Å². The van der Waals surface area contributed by atoms with Crippen molar-refractivity contribution in [3.05, 3.63) is 35.8 Å². The fraction of sp³-hybridized carbons (Fsp3) is 0.333. The van der Waals surface area contributed by atoms with Gasteiger partial charge in [0.25, 0.3) is 0 Å². The van der Waals surface area contributed by atoms with Gasteiger partial charge in [-0.2, -0.15) is 0 Å². The molecule has 1 aromatic heterocycles. The van der Waals surface area contributed by atoms with Crippen molar-refractivity contribution >= 4 is 22.8 Å². The second kappa shape index (κ2) is 6.39. The Labute approximate surface area is 121 Å². The molecular weight excluding hydrogens is 275 g/mol. The number of carbonyl (C=O) groups excluding carboxylic acids is 2. The lowest BCUT2D eigenvalue weighted by molar-refractivity contribution is -0.146. The first-order chi connectivity index (χ1) is 10.0. The SMILES string of the molecule is CCOC(=O)[C@@H](C)NC(=O)Cc1c[nH]c2cc(F)ccc12. The molecule has 0 bridgehead atoms. The smallest absolute Gasteiger partial charge is 0.328 e. The first kappa shape index (κ1) is 15.0. The fourth-order valence-electron chi connectivity index (χ4n) is 2.10. The Bertz CT molecular complexity index is 666. The summed E-state index contributed by atoms with van der Waals surface area (Å²) in [6.45, 7) is 3.55. The maximum absolute atomic E-state index is 13.1. The van der Waals surface area contributed by atoms with Gasteiger partial charge in [-0.25, -0.2) is 9.18 Å². The van der Waals surface area contributed by atoms with Gasteiger partial charge in [0.1, 0.15) is 11.9 Å². The maximum Gasteiger partial charge on any atom is 0.328 e. The van der Waals surface area contributed by atoms with Crippen LogP contribution >= 0.6 is 0 Å².